The second kappa shape index (κ2) is 11.2. The van der Waals surface area contributed by atoms with E-state index in [9.17, 15) is 4.79 Å². The molecular weight excluding hydrogens is 416 g/mol. The van der Waals surface area contributed by atoms with Crippen LogP contribution in [0, 0.1) is 0 Å². The lowest BCUT2D eigenvalue weighted by molar-refractivity contribution is -0.121. The Morgan fingerprint density at radius 1 is 1.00 bits per heavy atom. The molecule has 0 unspecified atom stereocenters. The number of hydrogen-bond donors (Lipinski definition) is 1. The van der Waals surface area contributed by atoms with Crippen LogP contribution in [-0.2, 0) is 29.0 Å². The normalized spacial score (nSPS) is 18.8. The Bertz CT molecular complexity index is 1010. The molecule has 0 radical (unpaired) electrons. The van der Waals surface area contributed by atoms with Gasteiger partial charge in [0.25, 0.3) is 0 Å². The molecule has 0 spiro atoms. The van der Waals surface area contributed by atoms with Crippen LogP contribution in [0.25, 0.3) is 11.5 Å². The number of amides is 1. The van der Waals surface area contributed by atoms with E-state index in [4.69, 9.17) is 9.15 Å². The molecule has 33 heavy (non-hydrogen) atoms. The van der Waals surface area contributed by atoms with E-state index in [0.29, 0.717) is 37.6 Å². The third-order valence-corrected chi connectivity index (χ3v) is 5.70. The maximum atomic E-state index is 12.2. The third kappa shape index (κ3) is 6.97. The van der Waals surface area contributed by atoms with Gasteiger partial charge in [0.1, 0.15) is 0 Å². The molecule has 1 saturated heterocycles. The minimum Gasteiger partial charge on any atom is -0.421 e. The molecule has 7 heteroatoms. The molecule has 2 aromatic carbocycles. The van der Waals surface area contributed by atoms with E-state index >= 15 is 0 Å². The van der Waals surface area contributed by atoms with E-state index < -0.39 is 0 Å². The fourth-order valence-corrected chi connectivity index (χ4v) is 4.18. The summed E-state index contributed by atoms with van der Waals surface area (Å²) in [4.78, 5) is 14.7. The fourth-order valence-electron chi connectivity index (χ4n) is 4.18. The van der Waals surface area contributed by atoms with Crippen LogP contribution in [0.15, 0.2) is 59.0 Å². The summed E-state index contributed by atoms with van der Waals surface area (Å²) in [5.41, 5.74) is 3.27. The van der Waals surface area contributed by atoms with E-state index in [1.165, 1.54) is 5.56 Å². The number of rotatable bonds is 9. The Morgan fingerprint density at radius 2 is 1.70 bits per heavy atom. The van der Waals surface area contributed by atoms with Gasteiger partial charge >= 0.3 is 0 Å². The molecule has 0 saturated carbocycles. The van der Waals surface area contributed by atoms with Gasteiger partial charge in [0.05, 0.1) is 12.2 Å². The summed E-state index contributed by atoms with van der Waals surface area (Å²) in [6, 6.07) is 18.1. The first-order chi connectivity index (χ1) is 16.0. The lowest BCUT2D eigenvalue weighted by atomic mass is 10.1. The Kier molecular flexibility index (Phi) is 7.86. The summed E-state index contributed by atoms with van der Waals surface area (Å²) in [7, 11) is 0. The number of ether oxygens (including phenoxy) is 1. The molecule has 3 aromatic rings. The number of aromatic nitrogens is 2. The van der Waals surface area contributed by atoms with Crippen LogP contribution in [0.3, 0.4) is 0 Å². The smallest absolute Gasteiger partial charge is 0.247 e. The predicted molar refractivity (Wildman–Crippen MR) is 126 cm³/mol. The lowest BCUT2D eigenvalue weighted by Gasteiger charge is -2.35. The molecule has 0 aliphatic carbocycles. The van der Waals surface area contributed by atoms with E-state index in [1.807, 2.05) is 30.3 Å². The van der Waals surface area contributed by atoms with Gasteiger partial charge in [-0.3, -0.25) is 9.69 Å². The van der Waals surface area contributed by atoms with Crippen molar-refractivity contribution in [3.8, 4) is 11.5 Å². The number of nitrogens with zero attached hydrogens (tertiary/aromatic N) is 3. The van der Waals surface area contributed by atoms with Gasteiger partial charge in [0.15, 0.2) is 0 Å². The average Bonchev–Trinajstić information content (AvgIpc) is 3.27. The maximum Gasteiger partial charge on any atom is 0.247 e. The van der Waals surface area contributed by atoms with Crippen molar-refractivity contribution in [2.45, 2.75) is 58.4 Å². The molecule has 7 nitrogen and oxygen atoms in total. The second-order valence-corrected chi connectivity index (χ2v) is 8.77. The highest BCUT2D eigenvalue weighted by Crippen LogP contribution is 2.18. The van der Waals surface area contributed by atoms with Crippen molar-refractivity contribution < 1.29 is 13.9 Å². The summed E-state index contributed by atoms with van der Waals surface area (Å²) in [5, 5.41) is 11.2. The van der Waals surface area contributed by atoms with Crippen molar-refractivity contribution in [2.75, 3.05) is 13.1 Å². The van der Waals surface area contributed by atoms with Gasteiger partial charge in [-0.2, -0.15) is 0 Å². The molecule has 4 rings (SSSR count). The quantitative estimate of drug-likeness (QED) is 0.533. The summed E-state index contributed by atoms with van der Waals surface area (Å²) in [6.45, 7) is 7.62. The van der Waals surface area contributed by atoms with Crippen LogP contribution >= 0.6 is 0 Å². The van der Waals surface area contributed by atoms with Crippen LogP contribution in [0.2, 0.25) is 0 Å². The Labute approximate surface area is 195 Å². The zero-order valence-electron chi connectivity index (χ0n) is 19.4. The van der Waals surface area contributed by atoms with Crippen LogP contribution in [-0.4, -0.2) is 46.3 Å². The molecule has 2 heterocycles. The first-order valence-electron chi connectivity index (χ1n) is 11.7. The van der Waals surface area contributed by atoms with Crippen LogP contribution in [0.1, 0.15) is 43.7 Å². The van der Waals surface area contributed by atoms with Gasteiger partial charge < -0.3 is 14.5 Å². The first-order valence-corrected chi connectivity index (χ1v) is 11.7. The molecular formula is C26H32N4O3. The molecule has 1 aromatic heterocycles. The maximum absolute atomic E-state index is 12.2. The highest BCUT2D eigenvalue weighted by atomic mass is 16.5. The van der Waals surface area contributed by atoms with E-state index in [1.54, 1.807) is 0 Å². The van der Waals surface area contributed by atoms with Gasteiger partial charge in [-0.1, -0.05) is 42.5 Å². The van der Waals surface area contributed by atoms with Crippen LogP contribution in [0.5, 0.6) is 0 Å². The molecule has 1 fully saturated rings. The molecule has 174 valence electrons. The minimum atomic E-state index is 0.0261. The minimum absolute atomic E-state index is 0.0261. The van der Waals surface area contributed by atoms with Gasteiger partial charge in [0, 0.05) is 44.6 Å². The average molecular weight is 449 g/mol. The largest absolute Gasteiger partial charge is 0.421 e. The number of nitrogens with one attached hydrogen (secondary N) is 1. The van der Waals surface area contributed by atoms with Gasteiger partial charge in [-0.15, -0.1) is 10.2 Å². The molecule has 2 atom stereocenters. The second-order valence-electron chi connectivity index (χ2n) is 8.77. The standard InChI is InChI=1S/C26H32N4O3/c1-19-16-30(17-20(2)32-19)18-22-13-11-21(12-14-22)15-27-24(31)9-6-10-25-28-29-26(33-25)23-7-4-3-5-8-23/h3-5,7-8,11-14,19-20H,6,9-10,15-18H2,1-2H3,(H,27,31)/t19-,20+. The molecule has 0 bridgehead atoms. The number of aryl methyl sites for hydroxylation is 1. The molecule has 1 aliphatic rings. The number of hydrogen-bond acceptors (Lipinski definition) is 6. The summed E-state index contributed by atoms with van der Waals surface area (Å²) in [6.07, 6.45) is 2.22. The predicted octanol–water partition coefficient (Wildman–Crippen LogP) is 3.98. The third-order valence-electron chi connectivity index (χ3n) is 5.70. The summed E-state index contributed by atoms with van der Waals surface area (Å²) < 4.78 is 11.5. The monoisotopic (exact) mass is 448 g/mol. The number of morpholine rings is 1. The van der Waals surface area contributed by atoms with Crippen molar-refractivity contribution in [1.29, 1.82) is 0 Å². The summed E-state index contributed by atoms with van der Waals surface area (Å²) in [5.74, 6) is 1.09. The van der Waals surface area contributed by atoms with Crippen LogP contribution < -0.4 is 5.32 Å². The highest BCUT2D eigenvalue weighted by Gasteiger charge is 2.21. The van der Waals surface area contributed by atoms with Crippen molar-refractivity contribution in [3.63, 3.8) is 0 Å². The van der Waals surface area contributed by atoms with Crippen LogP contribution in [0.4, 0.5) is 0 Å². The van der Waals surface area contributed by atoms with Crippen molar-refractivity contribution in [2.24, 2.45) is 0 Å². The number of benzene rings is 2. The Morgan fingerprint density at radius 3 is 2.42 bits per heavy atom. The number of carbonyl (C=O) groups excluding carboxylic acids is 1. The first kappa shape index (κ1) is 23.1. The zero-order chi connectivity index (χ0) is 23.0. The van der Waals surface area contributed by atoms with Crippen molar-refractivity contribution in [1.82, 2.24) is 20.4 Å². The topological polar surface area (TPSA) is 80.5 Å². The van der Waals surface area contributed by atoms with E-state index in [-0.39, 0.29) is 18.1 Å². The Balaban J connectivity index is 1.16. The molecule has 1 aliphatic heterocycles. The van der Waals surface area contributed by atoms with Gasteiger partial charge in [0.2, 0.25) is 17.7 Å². The van der Waals surface area contributed by atoms with E-state index in [0.717, 1.165) is 30.8 Å². The summed E-state index contributed by atoms with van der Waals surface area (Å²) >= 11 is 0. The van der Waals surface area contributed by atoms with E-state index in [2.05, 4.69) is 58.5 Å². The molecule has 1 amide bonds. The Hall–Kier alpha value is -3.03. The van der Waals surface area contributed by atoms with Gasteiger partial charge in [-0.25, -0.2) is 0 Å². The highest BCUT2D eigenvalue weighted by molar-refractivity contribution is 5.75. The number of carbonyl (C=O) groups is 1. The SMILES string of the molecule is C[C@@H]1CN(Cc2ccc(CNC(=O)CCCc3nnc(-c4ccccc4)o3)cc2)C[C@H](C)O1. The van der Waals surface area contributed by atoms with Crippen molar-refractivity contribution in [3.05, 3.63) is 71.6 Å². The van der Waals surface area contributed by atoms with Gasteiger partial charge in [-0.05, 0) is 43.5 Å². The lowest BCUT2D eigenvalue weighted by Crippen LogP contribution is -2.44. The zero-order valence-corrected chi connectivity index (χ0v) is 19.4. The van der Waals surface area contributed by atoms with Crippen molar-refractivity contribution >= 4 is 5.91 Å². The fraction of sp³-hybridized carbons (Fsp3) is 0.423. The molecule has 1 N–H and O–H groups in total.